The van der Waals surface area contributed by atoms with Crippen molar-refractivity contribution in [1.82, 2.24) is 14.7 Å². The van der Waals surface area contributed by atoms with Crippen LogP contribution in [0.4, 0.5) is 0 Å². The molecule has 150 valence electrons. The van der Waals surface area contributed by atoms with E-state index in [0.717, 1.165) is 25.7 Å². The van der Waals surface area contributed by atoms with Crippen molar-refractivity contribution in [3.05, 3.63) is 0 Å². The van der Waals surface area contributed by atoms with E-state index in [1.54, 1.807) is 4.90 Å². The summed E-state index contributed by atoms with van der Waals surface area (Å²) in [5, 5.41) is 0. The number of nitrogens with zero attached hydrogens (tertiary/aromatic N) is 3. The minimum absolute atomic E-state index is 0.00534. The third-order valence-electron chi connectivity index (χ3n) is 6.67. The summed E-state index contributed by atoms with van der Waals surface area (Å²) >= 11 is 0. The van der Waals surface area contributed by atoms with Crippen LogP contribution >= 0.6 is 0 Å². The second-order valence-electron chi connectivity index (χ2n) is 8.37. The summed E-state index contributed by atoms with van der Waals surface area (Å²) in [4.78, 5) is 44.2. The number of hydrogen-bond donors (Lipinski definition) is 0. The first-order chi connectivity index (χ1) is 13.1. The van der Waals surface area contributed by atoms with Gasteiger partial charge in [-0.05, 0) is 25.7 Å². The topological polar surface area (TPSA) is 70.2 Å². The van der Waals surface area contributed by atoms with Crippen molar-refractivity contribution in [2.45, 2.75) is 63.5 Å². The van der Waals surface area contributed by atoms with Crippen molar-refractivity contribution >= 4 is 17.7 Å². The quantitative estimate of drug-likeness (QED) is 0.736. The van der Waals surface area contributed by atoms with Crippen LogP contribution < -0.4 is 0 Å². The van der Waals surface area contributed by atoms with Crippen LogP contribution in [0.5, 0.6) is 0 Å². The smallest absolute Gasteiger partial charge is 0.245 e. The number of carbonyl (C=O) groups excluding carboxylic acids is 3. The summed E-state index contributed by atoms with van der Waals surface area (Å²) in [7, 11) is 0. The summed E-state index contributed by atoms with van der Waals surface area (Å²) in [6.07, 6.45) is 7.63. The van der Waals surface area contributed by atoms with E-state index in [4.69, 9.17) is 4.74 Å². The number of amides is 3. The highest BCUT2D eigenvalue weighted by atomic mass is 16.5. The molecule has 4 rings (SSSR count). The maximum absolute atomic E-state index is 13.2. The first-order valence-corrected chi connectivity index (χ1v) is 10.6. The highest BCUT2D eigenvalue weighted by molar-refractivity contribution is 5.93. The van der Waals surface area contributed by atoms with Crippen LogP contribution in [0.25, 0.3) is 0 Å². The summed E-state index contributed by atoms with van der Waals surface area (Å²) in [6.45, 7) is 3.52. The van der Waals surface area contributed by atoms with Gasteiger partial charge in [0.1, 0.15) is 6.04 Å². The molecule has 7 heteroatoms. The Morgan fingerprint density at radius 3 is 2.37 bits per heavy atom. The average molecular weight is 377 g/mol. The van der Waals surface area contributed by atoms with Gasteiger partial charge in [-0.3, -0.25) is 14.4 Å². The lowest BCUT2D eigenvalue weighted by Crippen LogP contribution is -2.52. The molecular formula is C20H31N3O4. The fourth-order valence-corrected chi connectivity index (χ4v) is 5.16. The zero-order chi connectivity index (χ0) is 18.8. The molecule has 1 aliphatic carbocycles. The molecule has 0 spiro atoms. The molecule has 3 heterocycles. The molecule has 1 saturated carbocycles. The van der Waals surface area contributed by atoms with E-state index < -0.39 is 0 Å². The van der Waals surface area contributed by atoms with Crippen LogP contribution in [-0.4, -0.2) is 83.9 Å². The highest BCUT2D eigenvalue weighted by Gasteiger charge is 2.44. The van der Waals surface area contributed by atoms with E-state index in [9.17, 15) is 14.4 Å². The Morgan fingerprint density at radius 2 is 1.63 bits per heavy atom. The van der Waals surface area contributed by atoms with Crippen molar-refractivity contribution in [1.29, 1.82) is 0 Å². The summed E-state index contributed by atoms with van der Waals surface area (Å²) in [5.74, 6) is -0.101. The monoisotopic (exact) mass is 377 g/mol. The van der Waals surface area contributed by atoms with Crippen LogP contribution in [0.1, 0.15) is 51.4 Å². The molecule has 0 N–H and O–H groups in total. The van der Waals surface area contributed by atoms with E-state index in [1.807, 2.05) is 9.80 Å². The van der Waals surface area contributed by atoms with Crippen LogP contribution in [-0.2, 0) is 19.1 Å². The summed E-state index contributed by atoms with van der Waals surface area (Å²) in [5.41, 5.74) is 0. The van der Waals surface area contributed by atoms with Gasteiger partial charge >= 0.3 is 0 Å². The number of carbonyl (C=O) groups is 3. The largest absolute Gasteiger partial charge is 0.378 e. The van der Waals surface area contributed by atoms with Gasteiger partial charge in [-0.15, -0.1) is 0 Å². The van der Waals surface area contributed by atoms with Gasteiger partial charge < -0.3 is 19.4 Å². The lowest BCUT2D eigenvalue weighted by molar-refractivity contribution is -0.148. The Hall–Kier alpha value is -1.63. The molecule has 3 aliphatic heterocycles. The highest BCUT2D eigenvalue weighted by Crippen LogP contribution is 2.31. The van der Waals surface area contributed by atoms with Crippen LogP contribution in [0.15, 0.2) is 0 Å². The van der Waals surface area contributed by atoms with E-state index in [1.165, 1.54) is 19.3 Å². The third-order valence-corrected chi connectivity index (χ3v) is 6.67. The maximum Gasteiger partial charge on any atom is 0.245 e. The predicted octanol–water partition coefficient (Wildman–Crippen LogP) is 1.02. The molecule has 0 aromatic rings. The molecule has 3 amide bonds. The van der Waals surface area contributed by atoms with E-state index in [-0.39, 0.29) is 29.7 Å². The van der Waals surface area contributed by atoms with Gasteiger partial charge in [0.05, 0.1) is 19.1 Å². The Morgan fingerprint density at radius 1 is 0.889 bits per heavy atom. The number of rotatable bonds is 3. The molecule has 7 nitrogen and oxygen atoms in total. The zero-order valence-electron chi connectivity index (χ0n) is 16.1. The molecule has 27 heavy (non-hydrogen) atoms. The Bertz CT molecular complexity index is 584. The fraction of sp³-hybridized carbons (Fsp3) is 0.850. The number of morpholine rings is 1. The number of ether oxygens (including phenoxy) is 1. The van der Waals surface area contributed by atoms with Gasteiger partial charge in [0.25, 0.3) is 0 Å². The minimum atomic E-state index is -0.352. The average Bonchev–Trinajstić information content (AvgIpc) is 3.35. The van der Waals surface area contributed by atoms with Gasteiger partial charge in [0.15, 0.2) is 0 Å². The first-order valence-electron chi connectivity index (χ1n) is 10.6. The van der Waals surface area contributed by atoms with Crippen molar-refractivity contribution in [3.63, 3.8) is 0 Å². The number of hydrogen-bond acceptors (Lipinski definition) is 4. The molecule has 0 aromatic carbocycles. The van der Waals surface area contributed by atoms with Crippen molar-refractivity contribution in [3.8, 4) is 0 Å². The van der Waals surface area contributed by atoms with Crippen molar-refractivity contribution < 1.29 is 19.1 Å². The Balaban J connectivity index is 1.39. The SMILES string of the molecule is O=C(C1CCCN1C(=O)C1CC(=O)N(C2CCCCC2)C1)N1CCOCC1. The molecule has 2 atom stereocenters. The zero-order valence-corrected chi connectivity index (χ0v) is 16.1. The molecular weight excluding hydrogens is 346 g/mol. The molecule has 4 fully saturated rings. The van der Waals surface area contributed by atoms with Gasteiger partial charge in [-0.1, -0.05) is 19.3 Å². The predicted molar refractivity (Wildman–Crippen MR) is 98.8 cm³/mol. The first kappa shape index (κ1) is 18.7. The van der Waals surface area contributed by atoms with Gasteiger partial charge in [-0.2, -0.15) is 0 Å². The van der Waals surface area contributed by atoms with Crippen LogP contribution in [0, 0.1) is 5.92 Å². The van der Waals surface area contributed by atoms with Crippen LogP contribution in [0.3, 0.4) is 0 Å². The fourth-order valence-electron chi connectivity index (χ4n) is 5.16. The molecule has 4 aliphatic rings. The van der Waals surface area contributed by atoms with Crippen molar-refractivity contribution in [2.75, 3.05) is 39.4 Å². The van der Waals surface area contributed by atoms with E-state index >= 15 is 0 Å². The van der Waals surface area contributed by atoms with Crippen LogP contribution in [0.2, 0.25) is 0 Å². The van der Waals surface area contributed by atoms with Crippen molar-refractivity contribution in [2.24, 2.45) is 5.92 Å². The Kier molecular flexibility index (Phi) is 5.66. The molecule has 2 unspecified atom stereocenters. The molecule has 0 radical (unpaired) electrons. The lowest BCUT2D eigenvalue weighted by Gasteiger charge is -2.34. The second kappa shape index (κ2) is 8.17. The second-order valence-corrected chi connectivity index (χ2v) is 8.37. The van der Waals surface area contributed by atoms with E-state index in [0.29, 0.717) is 51.9 Å². The van der Waals surface area contributed by atoms with Gasteiger partial charge in [-0.25, -0.2) is 0 Å². The van der Waals surface area contributed by atoms with Gasteiger partial charge in [0.2, 0.25) is 17.7 Å². The normalized spacial score (nSPS) is 30.2. The minimum Gasteiger partial charge on any atom is -0.378 e. The molecule has 3 saturated heterocycles. The standard InChI is InChI=1S/C20H31N3O4/c24-18-13-15(14-23(18)16-5-2-1-3-6-16)19(25)22-8-4-7-17(22)20(26)21-9-11-27-12-10-21/h15-17H,1-14H2. The maximum atomic E-state index is 13.2. The summed E-state index contributed by atoms with van der Waals surface area (Å²) < 4.78 is 5.33. The molecule has 0 aromatic heterocycles. The molecule has 0 bridgehead atoms. The lowest BCUT2D eigenvalue weighted by atomic mass is 9.94. The Labute approximate surface area is 161 Å². The third kappa shape index (κ3) is 3.84. The van der Waals surface area contributed by atoms with E-state index in [2.05, 4.69) is 0 Å². The number of likely N-dealkylation sites (tertiary alicyclic amines) is 2. The summed E-state index contributed by atoms with van der Waals surface area (Å²) in [6, 6.07) is -0.0390. The van der Waals surface area contributed by atoms with Gasteiger partial charge in [0, 0.05) is 38.6 Å².